The molecule has 2 aliphatic heterocycles. The maximum atomic E-state index is 12.3. The Balaban J connectivity index is 1.41. The molecule has 148 valence electrons. The van der Waals surface area contributed by atoms with Crippen LogP contribution in [0.3, 0.4) is 0 Å². The average Bonchev–Trinajstić information content (AvgIpc) is 3.37. The lowest BCUT2D eigenvalue weighted by Crippen LogP contribution is -2.30. The number of aromatic nitrogens is 3. The van der Waals surface area contributed by atoms with E-state index in [2.05, 4.69) is 30.5 Å². The highest BCUT2D eigenvalue weighted by Crippen LogP contribution is 2.34. The Morgan fingerprint density at radius 3 is 2.71 bits per heavy atom. The van der Waals surface area contributed by atoms with Gasteiger partial charge < -0.3 is 29.9 Å². The van der Waals surface area contributed by atoms with Crippen LogP contribution in [-0.4, -0.2) is 55.0 Å². The van der Waals surface area contributed by atoms with E-state index in [1.165, 1.54) is 0 Å². The predicted molar refractivity (Wildman–Crippen MR) is 104 cm³/mol. The highest BCUT2D eigenvalue weighted by molar-refractivity contribution is 5.89. The normalized spacial score (nSPS) is 14.9. The number of hydrogen-bond donors (Lipinski definition) is 2. The molecule has 10 heteroatoms. The van der Waals surface area contributed by atoms with Gasteiger partial charge in [-0.1, -0.05) is 0 Å². The van der Waals surface area contributed by atoms with Crippen LogP contribution in [0.2, 0.25) is 0 Å². The number of urea groups is 1. The summed E-state index contributed by atoms with van der Waals surface area (Å²) in [5, 5.41) is 5.56. The lowest BCUT2D eigenvalue weighted by atomic mass is 10.3. The number of anilines is 3. The number of ether oxygens (including phenoxy) is 2. The van der Waals surface area contributed by atoms with E-state index in [0.29, 0.717) is 34.9 Å². The molecule has 2 amide bonds. The molecule has 0 aliphatic carbocycles. The smallest absolute Gasteiger partial charge is 0.319 e. The van der Waals surface area contributed by atoms with E-state index in [1.54, 1.807) is 18.2 Å². The van der Waals surface area contributed by atoms with Crippen LogP contribution >= 0.6 is 0 Å². The number of benzene rings is 1. The fourth-order valence-corrected chi connectivity index (χ4v) is 3.04. The summed E-state index contributed by atoms with van der Waals surface area (Å²) in [6, 6.07) is 4.88. The Hall–Kier alpha value is -3.30. The Morgan fingerprint density at radius 1 is 1.14 bits per heavy atom. The van der Waals surface area contributed by atoms with Gasteiger partial charge in [0.1, 0.15) is 0 Å². The molecule has 1 aromatic heterocycles. The summed E-state index contributed by atoms with van der Waals surface area (Å²) in [5.74, 6) is 3.03. The van der Waals surface area contributed by atoms with Gasteiger partial charge in [-0.3, -0.25) is 0 Å². The minimum atomic E-state index is -0.353. The maximum Gasteiger partial charge on any atom is 0.319 e. The first kappa shape index (κ1) is 18.1. The number of amides is 2. The molecule has 0 saturated carbocycles. The summed E-state index contributed by atoms with van der Waals surface area (Å²) in [5.41, 5.74) is 0.615. The van der Waals surface area contributed by atoms with E-state index in [4.69, 9.17) is 9.47 Å². The molecule has 4 rings (SSSR count). The lowest BCUT2D eigenvalue weighted by Gasteiger charge is -2.19. The van der Waals surface area contributed by atoms with Gasteiger partial charge >= 0.3 is 6.03 Å². The second-order valence-electron chi connectivity index (χ2n) is 6.82. The van der Waals surface area contributed by atoms with Crippen molar-refractivity contribution in [2.75, 3.05) is 49.1 Å². The van der Waals surface area contributed by atoms with Crippen molar-refractivity contribution >= 4 is 23.6 Å². The second-order valence-corrected chi connectivity index (χ2v) is 6.82. The van der Waals surface area contributed by atoms with Gasteiger partial charge in [0.2, 0.25) is 18.7 Å². The van der Waals surface area contributed by atoms with Crippen LogP contribution in [0.5, 0.6) is 11.5 Å². The van der Waals surface area contributed by atoms with Crippen molar-refractivity contribution in [2.24, 2.45) is 0 Å². The first-order valence-electron chi connectivity index (χ1n) is 9.20. The molecule has 2 aromatic rings. The van der Waals surface area contributed by atoms with Crippen LogP contribution in [-0.2, 0) is 6.54 Å². The SMILES string of the molecule is CN(C)c1nc(CNC(=O)Nc2ccc3c(c2)OCO3)nc(N2CCCC2)n1. The summed E-state index contributed by atoms with van der Waals surface area (Å²) in [7, 11) is 3.76. The van der Waals surface area contributed by atoms with Gasteiger partial charge in [0, 0.05) is 38.9 Å². The van der Waals surface area contributed by atoms with Crippen molar-refractivity contribution in [2.45, 2.75) is 19.4 Å². The summed E-state index contributed by atoms with van der Waals surface area (Å²) in [6.45, 7) is 2.27. The third-order valence-corrected chi connectivity index (χ3v) is 4.48. The largest absolute Gasteiger partial charge is 0.454 e. The average molecular weight is 385 g/mol. The van der Waals surface area contributed by atoms with Crippen LogP contribution in [0.1, 0.15) is 18.7 Å². The summed E-state index contributed by atoms with van der Waals surface area (Å²) in [6.07, 6.45) is 2.27. The first-order chi connectivity index (χ1) is 13.6. The molecular formula is C18H23N7O3. The monoisotopic (exact) mass is 385 g/mol. The molecular weight excluding hydrogens is 362 g/mol. The fraction of sp³-hybridized carbons (Fsp3) is 0.444. The standard InChI is InChI=1S/C18H23N7O3/c1-24(2)16-21-15(22-17(23-16)25-7-3-4-8-25)10-19-18(26)20-12-5-6-13-14(9-12)28-11-27-13/h5-6,9H,3-4,7-8,10-11H2,1-2H3,(H2,19,20,26). The molecule has 0 spiro atoms. The number of nitrogens with one attached hydrogen (secondary N) is 2. The van der Waals surface area contributed by atoms with Crippen LogP contribution in [0.25, 0.3) is 0 Å². The number of rotatable bonds is 5. The topological polar surface area (TPSA) is 105 Å². The van der Waals surface area contributed by atoms with Crippen molar-refractivity contribution in [3.63, 3.8) is 0 Å². The number of carbonyl (C=O) groups excluding carboxylic acids is 1. The number of fused-ring (bicyclic) bond motifs is 1. The number of carbonyl (C=O) groups is 1. The number of hydrogen-bond acceptors (Lipinski definition) is 8. The zero-order chi connectivity index (χ0) is 19.5. The van der Waals surface area contributed by atoms with Gasteiger partial charge in [-0.2, -0.15) is 15.0 Å². The molecule has 2 aliphatic rings. The quantitative estimate of drug-likeness (QED) is 0.800. The molecule has 28 heavy (non-hydrogen) atoms. The third-order valence-electron chi connectivity index (χ3n) is 4.48. The van der Waals surface area contributed by atoms with Gasteiger partial charge in [-0.25, -0.2) is 4.79 Å². The van der Waals surface area contributed by atoms with Gasteiger partial charge in [-0.05, 0) is 25.0 Å². The molecule has 0 unspecified atom stereocenters. The molecule has 0 bridgehead atoms. The van der Waals surface area contributed by atoms with Crippen molar-refractivity contribution in [1.82, 2.24) is 20.3 Å². The Morgan fingerprint density at radius 2 is 1.93 bits per heavy atom. The number of nitrogens with zero attached hydrogens (tertiary/aromatic N) is 5. The highest BCUT2D eigenvalue weighted by Gasteiger charge is 2.18. The van der Waals surface area contributed by atoms with Gasteiger partial charge in [0.15, 0.2) is 17.3 Å². The van der Waals surface area contributed by atoms with Crippen molar-refractivity contribution in [3.05, 3.63) is 24.0 Å². The molecule has 10 nitrogen and oxygen atoms in total. The summed E-state index contributed by atoms with van der Waals surface area (Å²) >= 11 is 0. The van der Waals surface area contributed by atoms with E-state index < -0.39 is 0 Å². The molecule has 1 saturated heterocycles. The fourth-order valence-electron chi connectivity index (χ4n) is 3.04. The molecule has 1 aromatic carbocycles. The molecule has 1 fully saturated rings. The highest BCUT2D eigenvalue weighted by atomic mass is 16.7. The van der Waals surface area contributed by atoms with E-state index in [9.17, 15) is 4.79 Å². The van der Waals surface area contributed by atoms with Crippen LogP contribution < -0.4 is 29.9 Å². The molecule has 3 heterocycles. The minimum Gasteiger partial charge on any atom is -0.454 e. The van der Waals surface area contributed by atoms with Gasteiger partial charge in [0.25, 0.3) is 0 Å². The predicted octanol–water partition coefficient (Wildman–Crippen LogP) is 1.59. The Bertz CT molecular complexity index is 868. The first-order valence-corrected chi connectivity index (χ1v) is 9.20. The van der Waals surface area contributed by atoms with Gasteiger partial charge in [-0.15, -0.1) is 0 Å². The minimum absolute atomic E-state index is 0.192. The van der Waals surface area contributed by atoms with E-state index in [-0.39, 0.29) is 19.4 Å². The van der Waals surface area contributed by atoms with E-state index in [0.717, 1.165) is 25.9 Å². The Labute approximate surface area is 162 Å². The van der Waals surface area contributed by atoms with Crippen molar-refractivity contribution < 1.29 is 14.3 Å². The molecule has 0 atom stereocenters. The summed E-state index contributed by atoms with van der Waals surface area (Å²) < 4.78 is 10.6. The maximum absolute atomic E-state index is 12.3. The Kier molecular flexibility index (Phi) is 5.00. The van der Waals surface area contributed by atoms with Crippen LogP contribution in [0, 0.1) is 0 Å². The van der Waals surface area contributed by atoms with Gasteiger partial charge in [0.05, 0.1) is 6.54 Å². The zero-order valence-corrected chi connectivity index (χ0v) is 15.9. The molecule has 0 radical (unpaired) electrons. The van der Waals surface area contributed by atoms with Crippen LogP contribution in [0.4, 0.5) is 22.4 Å². The van der Waals surface area contributed by atoms with Crippen LogP contribution in [0.15, 0.2) is 18.2 Å². The molecule has 2 N–H and O–H groups in total. The lowest BCUT2D eigenvalue weighted by molar-refractivity contribution is 0.174. The summed E-state index contributed by atoms with van der Waals surface area (Å²) in [4.78, 5) is 29.7. The zero-order valence-electron chi connectivity index (χ0n) is 15.9. The third kappa shape index (κ3) is 4.00. The van der Waals surface area contributed by atoms with Crippen molar-refractivity contribution in [3.8, 4) is 11.5 Å². The van der Waals surface area contributed by atoms with E-state index >= 15 is 0 Å². The second kappa shape index (κ2) is 7.75. The van der Waals surface area contributed by atoms with E-state index in [1.807, 2.05) is 19.0 Å². The van der Waals surface area contributed by atoms with Crippen molar-refractivity contribution in [1.29, 1.82) is 0 Å².